The summed E-state index contributed by atoms with van der Waals surface area (Å²) in [5.41, 5.74) is 5.64. The maximum atomic E-state index is 5.64. The van der Waals surface area contributed by atoms with Crippen molar-refractivity contribution in [1.29, 1.82) is 0 Å². The molecule has 0 spiro atoms. The van der Waals surface area contributed by atoms with Crippen molar-refractivity contribution in [3.05, 3.63) is 6.07 Å². The number of anilines is 2. The summed E-state index contributed by atoms with van der Waals surface area (Å²) in [5, 5.41) is 1.20. The van der Waals surface area contributed by atoms with Crippen LogP contribution in [0.5, 0.6) is 0 Å². The van der Waals surface area contributed by atoms with Crippen LogP contribution >= 0.6 is 11.5 Å². The number of hydrogen-bond acceptors (Lipinski definition) is 4. The van der Waals surface area contributed by atoms with Crippen LogP contribution in [0, 0.1) is 5.92 Å². The van der Waals surface area contributed by atoms with Gasteiger partial charge in [-0.1, -0.05) is 26.7 Å². The summed E-state index contributed by atoms with van der Waals surface area (Å²) in [4.78, 5) is 2.37. The molecule has 1 aromatic rings. The molecule has 0 unspecified atom stereocenters. The quantitative estimate of drug-likeness (QED) is 0.812. The van der Waals surface area contributed by atoms with Crippen molar-refractivity contribution in [2.75, 3.05) is 23.7 Å². The summed E-state index contributed by atoms with van der Waals surface area (Å²) in [5.74, 6) is 1.41. The normalized spacial score (nSPS) is 10.9. The van der Waals surface area contributed by atoms with Crippen molar-refractivity contribution in [2.45, 2.75) is 33.6 Å². The van der Waals surface area contributed by atoms with Crippen LogP contribution in [0.15, 0.2) is 6.07 Å². The zero-order valence-electron chi connectivity index (χ0n) is 9.86. The molecule has 0 aromatic carbocycles. The molecule has 0 atom stereocenters. The third-order valence-corrected chi connectivity index (χ3v) is 3.71. The molecule has 0 bridgehead atoms. The Morgan fingerprint density at radius 1 is 1.40 bits per heavy atom. The smallest absolute Gasteiger partial charge is 0.139 e. The van der Waals surface area contributed by atoms with Gasteiger partial charge in [0, 0.05) is 19.2 Å². The highest BCUT2D eigenvalue weighted by Gasteiger charge is 2.12. The largest absolute Gasteiger partial charge is 0.383 e. The number of rotatable bonds is 6. The molecule has 0 aliphatic heterocycles. The van der Waals surface area contributed by atoms with Crippen molar-refractivity contribution in [2.24, 2.45) is 5.92 Å². The molecule has 4 heteroatoms. The molecule has 1 aromatic heterocycles. The number of aromatic nitrogens is 1. The van der Waals surface area contributed by atoms with Crippen LogP contribution in [0.3, 0.4) is 0 Å². The van der Waals surface area contributed by atoms with E-state index in [1.54, 1.807) is 0 Å². The zero-order chi connectivity index (χ0) is 11.3. The Balaban J connectivity index is 2.63. The van der Waals surface area contributed by atoms with Gasteiger partial charge in [-0.25, -0.2) is 0 Å². The van der Waals surface area contributed by atoms with E-state index in [4.69, 9.17) is 5.73 Å². The van der Waals surface area contributed by atoms with Gasteiger partial charge in [-0.15, -0.1) is 0 Å². The Kier molecular flexibility index (Phi) is 4.88. The van der Waals surface area contributed by atoms with E-state index in [0.717, 1.165) is 19.0 Å². The second-order valence-electron chi connectivity index (χ2n) is 3.81. The minimum atomic E-state index is 0.637. The summed E-state index contributed by atoms with van der Waals surface area (Å²) in [6.45, 7) is 8.83. The van der Waals surface area contributed by atoms with Gasteiger partial charge >= 0.3 is 0 Å². The van der Waals surface area contributed by atoms with Crippen LogP contribution in [0.25, 0.3) is 0 Å². The Morgan fingerprint density at radius 3 is 2.47 bits per heavy atom. The minimum absolute atomic E-state index is 0.637. The fourth-order valence-electron chi connectivity index (χ4n) is 1.66. The maximum Gasteiger partial charge on any atom is 0.139 e. The van der Waals surface area contributed by atoms with E-state index in [9.17, 15) is 0 Å². The average molecular weight is 227 g/mol. The Hall–Kier alpha value is -0.770. The standard InChI is InChI=1S/C11H21N3S/c1-4-9(5-2)8-14(6-3)11-7-10(12)13-15-11/h7,9H,4-6,8H2,1-3H3,(H2,12,13). The highest BCUT2D eigenvalue weighted by Crippen LogP contribution is 2.24. The molecule has 1 heterocycles. The van der Waals surface area contributed by atoms with E-state index in [-0.39, 0.29) is 0 Å². The summed E-state index contributed by atoms with van der Waals surface area (Å²) in [7, 11) is 0. The Bertz CT molecular complexity index is 281. The number of hydrogen-bond donors (Lipinski definition) is 1. The molecule has 0 radical (unpaired) electrons. The van der Waals surface area contributed by atoms with Crippen LogP contribution in [-0.2, 0) is 0 Å². The summed E-state index contributed by atoms with van der Waals surface area (Å²) >= 11 is 1.50. The molecule has 0 saturated carbocycles. The first kappa shape index (κ1) is 12.3. The molecule has 2 N–H and O–H groups in total. The lowest BCUT2D eigenvalue weighted by molar-refractivity contribution is 0.487. The van der Waals surface area contributed by atoms with E-state index < -0.39 is 0 Å². The molecule has 3 nitrogen and oxygen atoms in total. The van der Waals surface area contributed by atoms with Gasteiger partial charge in [0.1, 0.15) is 10.8 Å². The van der Waals surface area contributed by atoms with Crippen LogP contribution in [0.2, 0.25) is 0 Å². The van der Waals surface area contributed by atoms with Crippen LogP contribution < -0.4 is 10.6 Å². The van der Waals surface area contributed by atoms with Crippen LogP contribution in [0.4, 0.5) is 10.8 Å². The van der Waals surface area contributed by atoms with Gasteiger partial charge < -0.3 is 10.6 Å². The molecule has 0 aliphatic carbocycles. The van der Waals surface area contributed by atoms with Gasteiger partial charge in [-0.05, 0) is 24.4 Å². The predicted octanol–water partition coefficient (Wildman–Crippen LogP) is 2.99. The van der Waals surface area contributed by atoms with Crippen molar-refractivity contribution >= 4 is 22.4 Å². The molecule has 0 fully saturated rings. The van der Waals surface area contributed by atoms with E-state index in [2.05, 4.69) is 30.0 Å². The van der Waals surface area contributed by atoms with Gasteiger partial charge in [0.25, 0.3) is 0 Å². The average Bonchev–Trinajstić information content (AvgIpc) is 2.67. The Morgan fingerprint density at radius 2 is 2.07 bits per heavy atom. The fraction of sp³-hybridized carbons (Fsp3) is 0.727. The first-order chi connectivity index (χ1) is 7.21. The van der Waals surface area contributed by atoms with Gasteiger partial charge in [-0.2, -0.15) is 4.37 Å². The second kappa shape index (κ2) is 5.95. The highest BCUT2D eigenvalue weighted by molar-refractivity contribution is 7.10. The van der Waals surface area contributed by atoms with Crippen molar-refractivity contribution < 1.29 is 0 Å². The molecular weight excluding hydrogens is 206 g/mol. The summed E-state index contributed by atoms with van der Waals surface area (Å²) in [6.07, 6.45) is 2.47. The number of nitrogens with zero attached hydrogens (tertiary/aromatic N) is 2. The molecular formula is C11H21N3S. The highest BCUT2D eigenvalue weighted by atomic mass is 32.1. The number of nitrogens with two attached hydrogens (primary N) is 1. The third kappa shape index (κ3) is 3.38. The maximum absolute atomic E-state index is 5.64. The van der Waals surface area contributed by atoms with Crippen LogP contribution in [0.1, 0.15) is 33.6 Å². The van der Waals surface area contributed by atoms with Gasteiger partial charge in [0.05, 0.1) is 0 Å². The third-order valence-electron chi connectivity index (χ3n) is 2.84. The van der Waals surface area contributed by atoms with E-state index in [0.29, 0.717) is 5.82 Å². The molecule has 0 saturated heterocycles. The van der Waals surface area contributed by atoms with Gasteiger partial charge in [-0.3, -0.25) is 0 Å². The fourth-order valence-corrected chi connectivity index (χ4v) is 2.41. The monoisotopic (exact) mass is 227 g/mol. The lowest BCUT2D eigenvalue weighted by Gasteiger charge is -2.25. The molecule has 0 amide bonds. The van der Waals surface area contributed by atoms with Crippen molar-refractivity contribution in [1.82, 2.24) is 4.37 Å². The zero-order valence-corrected chi connectivity index (χ0v) is 10.7. The lowest BCUT2D eigenvalue weighted by Crippen LogP contribution is -2.28. The van der Waals surface area contributed by atoms with Gasteiger partial charge in [0.2, 0.25) is 0 Å². The second-order valence-corrected chi connectivity index (χ2v) is 4.59. The van der Waals surface area contributed by atoms with E-state index >= 15 is 0 Å². The first-order valence-electron chi connectivity index (χ1n) is 5.68. The molecule has 1 rings (SSSR count). The predicted molar refractivity (Wildman–Crippen MR) is 68.5 cm³/mol. The topological polar surface area (TPSA) is 42.1 Å². The SMILES string of the molecule is CCC(CC)CN(CC)c1cc(N)ns1. The van der Waals surface area contributed by atoms with E-state index in [1.807, 2.05) is 6.07 Å². The lowest BCUT2D eigenvalue weighted by atomic mass is 10.0. The molecule has 15 heavy (non-hydrogen) atoms. The Labute approximate surface area is 96.5 Å². The summed E-state index contributed by atoms with van der Waals surface area (Å²) in [6, 6.07) is 1.97. The van der Waals surface area contributed by atoms with E-state index in [1.165, 1.54) is 29.4 Å². The van der Waals surface area contributed by atoms with Crippen LogP contribution in [-0.4, -0.2) is 17.5 Å². The van der Waals surface area contributed by atoms with Crippen molar-refractivity contribution in [3.8, 4) is 0 Å². The van der Waals surface area contributed by atoms with Gasteiger partial charge in [0.15, 0.2) is 0 Å². The number of nitrogen functional groups attached to an aromatic ring is 1. The molecule has 0 aliphatic rings. The minimum Gasteiger partial charge on any atom is -0.383 e. The summed E-state index contributed by atoms with van der Waals surface area (Å²) < 4.78 is 4.12. The molecule has 86 valence electrons. The van der Waals surface area contributed by atoms with Crippen molar-refractivity contribution in [3.63, 3.8) is 0 Å². The first-order valence-corrected chi connectivity index (χ1v) is 6.45.